The summed E-state index contributed by atoms with van der Waals surface area (Å²) in [6.07, 6.45) is 0.976. The first kappa shape index (κ1) is 15.9. The van der Waals surface area contributed by atoms with Gasteiger partial charge in [0, 0.05) is 38.0 Å². The fourth-order valence-electron chi connectivity index (χ4n) is 1.71. The highest BCUT2D eigenvalue weighted by molar-refractivity contribution is 7.11. The van der Waals surface area contributed by atoms with Gasteiger partial charge in [0.15, 0.2) is 5.96 Å². The Morgan fingerprint density at radius 2 is 2.05 bits per heavy atom. The van der Waals surface area contributed by atoms with Gasteiger partial charge in [-0.05, 0) is 20.8 Å². The van der Waals surface area contributed by atoms with Crippen LogP contribution in [0.15, 0.2) is 4.99 Å². The zero-order chi connectivity index (χ0) is 14.1. The fourth-order valence-corrected chi connectivity index (χ4v) is 2.64. The first-order valence-corrected chi connectivity index (χ1v) is 7.44. The molecule has 0 spiro atoms. The van der Waals surface area contributed by atoms with Gasteiger partial charge in [-0.15, -0.1) is 11.3 Å². The summed E-state index contributed by atoms with van der Waals surface area (Å²) in [6.45, 7) is 9.17. The van der Waals surface area contributed by atoms with E-state index in [1.807, 2.05) is 13.8 Å². The van der Waals surface area contributed by atoms with Crippen molar-refractivity contribution in [1.82, 2.24) is 15.6 Å². The lowest BCUT2D eigenvalue weighted by atomic mass is 10.3. The highest BCUT2D eigenvalue weighted by atomic mass is 32.1. The molecule has 1 heterocycles. The van der Waals surface area contributed by atoms with Gasteiger partial charge in [-0.1, -0.05) is 0 Å². The predicted octanol–water partition coefficient (Wildman–Crippen LogP) is 1.50. The van der Waals surface area contributed by atoms with Gasteiger partial charge in [0.05, 0.1) is 17.3 Å². The maximum atomic E-state index is 5.27. The zero-order valence-corrected chi connectivity index (χ0v) is 13.1. The summed E-state index contributed by atoms with van der Waals surface area (Å²) in [6, 6.07) is 0. The van der Waals surface area contributed by atoms with Crippen LogP contribution in [0.4, 0.5) is 0 Å². The Morgan fingerprint density at radius 3 is 2.63 bits per heavy atom. The molecule has 0 bridgehead atoms. The van der Waals surface area contributed by atoms with Crippen molar-refractivity contribution in [2.75, 3.05) is 33.4 Å². The van der Waals surface area contributed by atoms with Crippen molar-refractivity contribution >= 4 is 17.3 Å². The molecule has 0 aliphatic carbocycles. The third-order valence-electron chi connectivity index (χ3n) is 2.61. The van der Waals surface area contributed by atoms with E-state index in [2.05, 4.69) is 27.5 Å². The van der Waals surface area contributed by atoms with Crippen LogP contribution in [0.2, 0.25) is 0 Å². The Morgan fingerprint density at radius 1 is 1.32 bits per heavy atom. The van der Waals surface area contributed by atoms with Crippen LogP contribution in [-0.2, 0) is 11.2 Å². The third-order valence-corrected chi connectivity index (χ3v) is 3.74. The van der Waals surface area contributed by atoms with Crippen molar-refractivity contribution in [2.24, 2.45) is 4.99 Å². The summed E-state index contributed by atoms with van der Waals surface area (Å²) in [5.41, 5.74) is 1.14. The fraction of sp³-hybridized carbons (Fsp3) is 0.692. The van der Waals surface area contributed by atoms with Crippen LogP contribution in [-0.4, -0.2) is 44.3 Å². The summed E-state index contributed by atoms with van der Waals surface area (Å²) >= 11 is 1.77. The van der Waals surface area contributed by atoms with Gasteiger partial charge < -0.3 is 15.4 Å². The van der Waals surface area contributed by atoms with E-state index in [1.54, 1.807) is 18.4 Å². The van der Waals surface area contributed by atoms with E-state index in [4.69, 9.17) is 4.74 Å². The number of thiazole rings is 1. The van der Waals surface area contributed by atoms with Crippen LogP contribution < -0.4 is 10.6 Å². The summed E-state index contributed by atoms with van der Waals surface area (Å²) in [5, 5.41) is 7.64. The summed E-state index contributed by atoms with van der Waals surface area (Å²) in [7, 11) is 1.78. The van der Waals surface area contributed by atoms with Crippen LogP contribution in [0.3, 0.4) is 0 Å². The molecule has 6 heteroatoms. The van der Waals surface area contributed by atoms with E-state index in [-0.39, 0.29) is 0 Å². The molecule has 108 valence electrons. The van der Waals surface area contributed by atoms with Crippen molar-refractivity contribution in [3.05, 3.63) is 15.6 Å². The van der Waals surface area contributed by atoms with Crippen molar-refractivity contribution in [2.45, 2.75) is 27.2 Å². The monoisotopic (exact) mass is 284 g/mol. The number of hydrogen-bond donors (Lipinski definition) is 2. The SMILES string of the molecule is CCOCCNC(=NC)NCCc1sc(C)nc1C. The van der Waals surface area contributed by atoms with Gasteiger partial charge >= 0.3 is 0 Å². The molecule has 5 nitrogen and oxygen atoms in total. The molecule has 1 aromatic rings. The van der Waals surface area contributed by atoms with E-state index >= 15 is 0 Å². The molecule has 0 unspecified atom stereocenters. The van der Waals surface area contributed by atoms with Gasteiger partial charge in [0.1, 0.15) is 0 Å². The van der Waals surface area contributed by atoms with Gasteiger partial charge in [-0.2, -0.15) is 0 Å². The minimum atomic E-state index is 0.699. The maximum Gasteiger partial charge on any atom is 0.191 e. The average molecular weight is 284 g/mol. The molecule has 2 N–H and O–H groups in total. The zero-order valence-electron chi connectivity index (χ0n) is 12.2. The molecule has 0 aromatic carbocycles. The number of guanidine groups is 1. The second-order valence-corrected chi connectivity index (χ2v) is 5.40. The molecule has 1 rings (SSSR count). The number of aryl methyl sites for hydroxylation is 2. The van der Waals surface area contributed by atoms with Crippen LogP contribution in [0, 0.1) is 13.8 Å². The number of aromatic nitrogens is 1. The molecule has 0 aliphatic rings. The number of rotatable bonds is 7. The molecule has 0 fully saturated rings. The van der Waals surface area contributed by atoms with Crippen LogP contribution >= 0.6 is 11.3 Å². The Bertz CT molecular complexity index is 403. The Hall–Kier alpha value is -1.14. The van der Waals surface area contributed by atoms with Gasteiger partial charge in [0.25, 0.3) is 0 Å². The third kappa shape index (κ3) is 6.02. The number of aliphatic imine (C=N–C) groups is 1. The summed E-state index contributed by atoms with van der Waals surface area (Å²) in [5.74, 6) is 0.818. The minimum absolute atomic E-state index is 0.699. The molecular formula is C13H24N4OS. The van der Waals surface area contributed by atoms with Gasteiger partial charge in [-0.3, -0.25) is 4.99 Å². The van der Waals surface area contributed by atoms with Crippen LogP contribution in [0.1, 0.15) is 22.5 Å². The molecule has 0 saturated heterocycles. The number of hydrogen-bond acceptors (Lipinski definition) is 4. The van der Waals surface area contributed by atoms with Crippen LogP contribution in [0.25, 0.3) is 0 Å². The number of ether oxygens (including phenoxy) is 1. The maximum absolute atomic E-state index is 5.27. The van der Waals surface area contributed by atoms with E-state index < -0.39 is 0 Å². The summed E-state index contributed by atoms with van der Waals surface area (Å²) < 4.78 is 5.27. The average Bonchev–Trinajstić information content (AvgIpc) is 2.71. The second kappa shape index (κ2) is 8.87. The van der Waals surface area contributed by atoms with E-state index in [0.29, 0.717) is 6.61 Å². The standard InChI is InChI=1S/C13H24N4OS/c1-5-18-9-8-16-13(14-4)15-7-6-12-10(2)17-11(3)19-12/h5-9H2,1-4H3,(H2,14,15,16). The molecular weight excluding hydrogens is 260 g/mol. The smallest absolute Gasteiger partial charge is 0.191 e. The van der Waals surface area contributed by atoms with Crippen molar-refractivity contribution < 1.29 is 4.74 Å². The first-order chi connectivity index (χ1) is 9.17. The lowest BCUT2D eigenvalue weighted by molar-refractivity contribution is 0.152. The van der Waals surface area contributed by atoms with Gasteiger partial charge in [-0.25, -0.2) is 4.98 Å². The largest absolute Gasteiger partial charge is 0.380 e. The van der Waals surface area contributed by atoms with Crippen molar-refractivity contribution in [1.29, 1.82) is 0 Å². The highest BCUT2D eigenvalue weighted by Gasteiger charge is 2.04. The Labute approximate surface area is 119 Å². The van der Waals surface area contributed by atoms with Crippen molar-refractivity contribution in [3.63, 3.8) is 0 Å². The molecule has 0 amide bonds. The Kier molecular flexibility index (Phi) is 7.43. The first-order valence-electron chi connectivity index (χ1n) is 6.62. The molecule has 1 aromatic heterocycles. The number of nitrogens with one attached hydrogen (secondary N) is 2. The second-order valence-electron chi connectivity index (χ2n) is 4.11. The lowest BCUT2D eigenvalue weighted by Gasteiger charge is -2.11. The lowest BCUT2D eigenvalue weighted by Crippen LogP contribution is -2.39. The summed E-state index contributed by atoms with van der Waals surface area (Å²) in [4.78, 5) is 9.94. The van der Waals surface area contributed by atoms with Gasteiger partial charge in [0.2, 0.25) is 0 Å². The molecule has 0 atom stereocenters. The molecule has 0 saturated carbocycles. The predicted molar refractivity (Wildman–Crippen MR) is 81.1 cm³/mol. The normalized spacial score (nSPS) is 11.7. The van der Waals surface area contributed by atoms with E-state index in [1.165, 1.54) is 4.88 Å². The molecule has 0 radical (unpaired) electrons. The molecule has 0 aliphatic heterocycles. The molecule has 19 heavy (non-hydrogen) atoms. The van der Waals surface area contributed by atoms with Crippen LogP contribution in [0.5, 0.6) is 0 Å². The van der Waals surface area contributed by atoms with E-state index in [0.717, 1.165) is 42.8 Å². The quantitative estimate of drug-likeness (QED) is 0.453. The topological polar surface area (TPSA) is 58.5 Å². The minimum Gasteiger partial charge on any atom is -0.380 e. The number of nitrogens with zero attached hydrogens (tertiary/aromatic N) is 2. The Balaban J connectivity index is 2.24. The highest BCUT2D eigenvalue weighted by Crippen LogP contribution is 2.16. The van der Waals surface area contributed by atoms with E-state index in [9.17, 15) is 0 Å². The van der Waals surface area contributed by atoms with Crippen molar-refractivity contribution in [3.8, 4) is 0 Å².